The number of carbonyl (C=O) groups is 1. The number of carboxylic acids is 1. The van der Waals surface area contributed by atoms with Crippen LogP contribution >= 0.6 is 0 Å². The van der Waals surface area contributed by atoms with Crippen LogP contribution in [0.15, 0.2) is 78.9 Å². The molecular formula is C32H28F3NO3. The highest BCUT2D eigenvalue weighted by Crippen LogP contribution is 2.51. The summed E-state index contributed by atoms with van der Waals surface area (Å²) in [5.74, 6) is -0.689. The summed E-state index contributed by atoms with van der Waals surface area (Å²) in [5.41, 5.74) is 2.33. The van der Waals surface area contributed by atoms with Crippen LogP contribution in [0.3, 0.4) is 0 Å². The quantitative estimate of drug-likeness (QED) is 0.296. The summed E-state index contributed by atoms with van der Waals surface area (Å²) < 4.78 is 39.0. The standard InChI is InChI=1S/C32H28F3NO3/c1-36-17-26-11-12-27(18-36)31(26,39)24-7-4-20(5-8-24)29-16-23(30(37)38)15-22-14-21(6-13-28(22)29)19-2-9-25(10-3-19)32(33,34)35/h2-10,13-16,26-27,39H,11-12,17-18H2,1H3,(H,37,38). The fourth-order valence-electron chi connectivity index (χ4n) is 6.62. The average Bonchev–Trinajstić information content (AvgIpc) is 3.08. The van der Waals surface area contributed by atoms with Gasteiger partial charge in [-0.15, -0.1) is 0 Å². The third-order valence-corrected chi connectivity index (χ3v) is 8.58. The maximum absolute atomic E-state index is 13.0. The third kappa shape index (κ3) is 4.39. The van der Waals surface area contributed by atoms with Gasteiger partial charge in [-0.25, -0.2) is 4.79 Å². The zero-order chi connectivity index (χ0) is 27.5. The summed E-state index contributed by atoms with van der Waals surface area (Å²) >= 11 is 0. The maximum Gasteiger partial charge on any atom is 0.416 e. The normalized spacial score (nSPS) is 23.3. The van der Waals surface area contributed by atoms with E-state index in [9.17, 15) is 28.2 Å². The second-order valence-electron chi connectivity index (χ2n) is 10.9. The maximum atomic E-state index is 13.0. The molecule has 1 saturated carbocycles. The molecule has 7 heteroatoms. The van der Waals surface area contributed by atoms with E-state index in [0.717, 1.165) is 60.1 Å². The number of aliphatic hydroxyl groups is 1. The summed E-state index contributed by atoms with van der Waals surface area (Å²) in [7, 11) is 2.09. The lowest BCUT2D eigenvalue weighted by Gasteiger charge is -2.43. The van der Waals surface area contributed by atoms with Gasteiger partial charge in [0, 0.05) is 24.9 Å². The highest BCUT2D eigenvalue weighted by atomic mass is 19.4. The van der Waals surface area contributed by atoms with Crippen molar-refractivity contribution in [2.45, 2.75) is 24.6 Å². The van der Waals surface area contributed by atoms with E-state index in [1.54, 1.807) is 18.2 Å². The molecule has 1 saturated heterocycles. The Morgan fingerprint density at radius 2 is 1.44 bits per heavy atom. The first-order valence-corrected chi connectivity index (χ1v) is 13.0. The van der Waals surface area contributed by atoms with Gasteiger partial charge in [0.25, 0.3) is 0 Å². The molecule has 2 atom stereocenters. The molecule has 1 aliphatic carbocycles. The molecule has 6 rings (SSSR count). The van der Waals surface area contributed by atoms with Crippen LogP contribution < -0.4 is 0 Å². The summed E-state index contributed by atoms with van der Waals surface area (Å²) in [6.45, 7) is 1.72. The summed E-state index contributed by atoms with van der Waals surface area (Å²) in [4.78, 5) is 14.3. The number of nitrogens with zero attached hydrogens (tertiary/aromatic N) is 1. The lowest BCUT2D eigenvalue weighted by Crippen LogP contribution is -2.50. The molecule has 4 nitrogen and oxygen atoms in total. The number of hydrogen-bond acceptors (Lipinski definition) is 3. The lowest BCUT2D eigenvalue weighted by atomic mass is 9.75. The number of alkyl halides is 3. The lowest BCUT2D eigenvalue weighted by molar-refractivity contribution is -0.137. The molecular weight excluding hydrogens is 503 g/mol. The van der Waals surface area contributed by atoms with Crippen LogP contribution in [-0.4, -0.2) is 41.2 Å². The van der Waals surface area contributed by atoms with Crippen LogP contribution in [0.5, 0.6) is 0 Å². The molecule has 1 aliphatic heterocycles. The number of carboxylic acid groups (broad SMARTS) is 1. The fraction of sp³-hybridized carbons (Fsp3) is 0.281. The van der Waals surface area contributed by atoms with Crippen molar-refractivity contribution in [2.24, 2.45) is 11.8 Å². The van der Waals surface area contributed by atoms with E-state index in [1.165, 1.54) is 12.1 Å². The van der Waals surface area contributed by atoms with Gasteiger partial charge in [-0.2, -0.15) is 13.2 Å². The molecule has 2 aliphatic rings. The molecule has 2 unspecified atom stereocenters. The number of likely N-dealkylation sites (tertiary alicyclic amines) is 1. The van der Waals surface area contributed by atoms with Crippen LogP contribution in [0.25, 0.3) is 33.0 Å². The van der Waals surface area contributed by atoms with Crippen LogP contribution in [0.2, 0.25) is 0 Å². The fourth-order valence-corrected chi connectivity index (χ4v) is 6.62. The number of halogens is 3. The Hall–Kier alpha value is -3.68. The van der Waals surface area contributed by atoms with E-state index in [0.29, 0.717) is 16.5 Å². The molecule has 200 valence electrons. The Morgan fingerprint density at radius 1 is 0.846 bits per heavy atom. The first-order valence-electron chi connectivity index (χ1n) is 13.0. The second kappa shape index (κ2) is 9.21. The monoisotopic (exact) mass is 531 g/mol. The Morgan fingerprint density at radius 3 is 2.03 bits per heavy atom. The van der Waals surface area contributed by atoms with Gasteiger partial charge in [-0.05, 0) is 88.8 Å². The van der Waals surface area contributed by atoms with Gasteiger partial charge in [0.1, 0.15) is 0 Å². The van der Waals surface area contributed by atoms with E-state index in [-0.39, 0.29) is 17.4 Å². The van der Waals surface area contributed by atoms with Gasteiger partial charge in [0.15, 0.2) is 0 Å². The van der Waals surface area contributed by atoms with E-state index >= 15 is 0 Å². The zero-order valence-electron chi connectivity index (χ0n) is 21.4. The summed E-state index contributed by atoms with van der Waals surface area (Å²) in [6, 6.07) is 21.5. The van der Waals surface area contributed by atoms with E-state index in [1.807, 2.05) is 36.4 Å². The van der Waals surface area contributed by atoms with Crippen LogP contribution in [0.1, 0.15) is 34.3 Å². The largest absolute Gasteiger partial charge is 0.478 e. The van der Waals surface area contributed by atoms with Crippen LogP contribution in [-0.2, 0) is 11.8 Å². The van der Waals surface area contributed by atoms with Gasteiger partial charge in [0.05, 0.1) is 16.7 Å². The van der Waals surface area contributed by atoms with Gasteiger partial charge >= 0.3 is 12.1 Å². The Bertz CT molecular complexity index is 1550. The van der Waals surface area contributed by atoms with Crippen LogP contribution in [0.4, 0.5) is 13.2 Å². The number of fused-ring (bicyclic) bond motifs is 3. The van der Waals surface area contributed by atoms with Crippen molar-refractivity contribution in [3.63, 3.8) is 0 Å². The minimum atomic E-state index is -4.41. The van der Waals surface area contributed by atoms with E-state index in [4.69, 9.17) is 0 Å². The molecule has 0 radical (unpaired) electrons. The van der Waals surface area contributed by atoms with Crippen molar-refractivity contribution >= 4 is 16.7 Å². The third-order valence-electron chi connectivity index (χ3n) is 8.58. The molecule has 1 heterocycles. The molecule has 39 heavy (non-hydrogen) atoms. The van der Waals surface area contributed by atoms with Crippen molar-refractivity contribution in [1.82, 2.24) is 4.90 Å². The van der Waals surface area contributed by atoms with Crippen molar-refractivity contribution in [3.05, 3.63) is 95.6 Å². The van der Waals surface area contributed by atoms with Gasteiger partial charge in [-0.3, -0.25) is 0 Å². The first kappa shape index (κ1) is 25.6. The minimum Gasteiger partial charge on any atom is -0.478 e. The molecule has 4 aromatic rings. The number of piperidine rings is 1. The molecule has 2 bridgehead atoms. The van der Waals surface area contributed by atoms with Crippen molar-refractivity contribution in [3.8, 4) is 22.3 Å². The summed E-state index contributed by atoms with van der Waals surface area (Å²) in [6.07, 6.45) is -2.41. The zero-order valence-corrected chi connectivity index (χ0v) is 21.4. The van der Waals surface area contributed by atoms with Gasteiger partial charge < -0.3 is 15.1 Å². The predicted octanol–water partition coefficient (Wildman–Crippen LogP) is 7.05. The molecule has 4 aromatic carbocycles. The Kier molecular flexibility index (Phi) is 6.04. The van der Waals surface area contributed by atoms with Crippen LogP contribution in [0, 0.1) is 11.8 Å². The molecule has 2 fully saturated rings. The molecule has 0 aromatic heterocycles. The second-order valence-corrected chi connectivity index (χ2v) is 10.9. The Labute approximate surface area is 224 Å². The van der Waals surface area contributed by atoms with Crippen molar-refractivity contribution in [2.75, 3.05) is 20.1 Å². The van der Waals surface area contributed by atoms with E-state index in [2.05, 4.69) is 11.9 Å². The summed E-state index contributed by atoms with van der Waals surface area (Å²) in [5, 5.41) is 23.1. The smallest absolute Gasteiger partial charge is 0.416 e. The highest BCUT2D eigenvalue weighted by molar-refractivity contribution is 6.04. The Balaban J connectivity index is 1.39. The number of rotatable bonds is 4. The topological polar surface area (TPSA) is 60.8 Å². The molecule has 0 amide bonds. The van der Waals surface area contributed by atoms with Gasteiger partial charge in [0.2, 0.25) is 0 Å². The highest BCUT2D eigenvalue weighted by Gasteiger charge is 2.53. The van der Waals surface area contributed by atoms with Gasteiger partial charge in [-0.1, -0.05) is 48.5 Å². The van der Waals surface area contributed by atoms with E-state index < -0.39 is 23.3 Å². The molecule has 2 N–H and O–H groups in total. The first-order chi connectivity index (χ1) is 18.5. The molecule has 0 spiro atoms. The predicted molar refractivity (Wildman–Crippen MR) is 144 cm³/mol. The average molecular weight is 532 g/mol. The van der Waals surface area contributed by atoms with Crippen molar-refractivity contribution in [1.29, 1.82) is 0 Å². The number of aromatic carboxylic acids is 1. The minimum absolute atomic E-state index is 0.123. The SMILES string of the molecule is CN1CC2CCC(C1)C2(O)c1ccc(-c2cc(C(=O)O)cc3cc(-c4ccc(C(F)(F)F)cc4)ccc23)cc1. The number of benzene rings is 4. The number of hydrogen-bond donors (Lipinski definition) is 2. The van der Waals surface area contributed by atoms with Crippen molar-refractivity contribution < 1.29 is 28.2 Å².